The molecule has 6 heteroatoms. The monoisotopic (exact) mass is 205 g/mol. The first kappa shape index (κ1) is 9.60. The highest BCUT2D eigenvalue weighted by Gasteiger charge is 2.11. The van der Waals surface area contributed by atoms with Crippen LogP contribution in [0.1, 0.15) is 10.8 Å². The van der Waals surface area contributed by atoms with Crippen LogP contribution in [-0.4, -0.2) is 23.5 Å². The van der Waals surface area contributed by atoms with Gasteiger partial charge in [0.05, 0.1) is 5.75 Å². The van der Waals surface area contributed by atoms with Gasteiger partial charge < -0.3 is 0 Å². The number of aromatic nitrogens is 2. The maximum atomic E-state index is 11.1. The van der Waals surface area contributed by atoms with Gasteiger partial charge in [-0.25, -0.2) is 13.4 Å². The van der Waals surface area contributed by atoms with Crippen LogP contribution < -0.4 is 0 Å². The van der Waals surface area contributed by atoms with Gasteiger partial charge in [0.1, 0.15) is 16.6 Å². The summed E-state index contributed by atoms with van der Waals surface area (Å²) in [4.78, 5) is 3.94. The number of nitrogens with zero attached hydrogens (tertiary/aromatic N) is 2. The summed E-state index contributed by atoms with van der Waals surface area (Å²) in [5, 5.41) is 0.538. The zero-order valence-corrected chi connectivity index (χ0v) is 8.28. The first-order valence-electron chi connectivity index (χ1n) is 3.32. The Morgan fingerprint density at radius 1 is 1.58 bits per heavy atom. The number of hydrogen-bond donors (Lipinski definition) is 0. The van der Waals surface area contributed by atoms with E-state index in [4.69, 9.17) is 0 Å². The van der Waals surface area contributed by atoms with E-state index in [2.05, 4.69) is 16.3 Å². The predicted octanol–water partition coefficient (Wildman–Crippen LogP) is 0.595. The van der Waals surface area contributed by atoms with Gasteiger partial charge in [-0.2, -0.15) is 4.37 Å². The van der Waals surface area contributed by atoms with E-state index >= 15 is 0 Å². The Balaban J connectivity index is 2.77. The van der Waals surface area contributed by atoms with E-state index in [1.54, 1.807) is 6.92 Å². The van der Waals surface area contributed by atoms with Crippen LogP contribution in [-0.2, 0) is 15.6 Å². The van der Waals surface area contributed by atoms with Crippen LogP contribution in [0.2, 0.25) is 0 Å². The third kappa shape index (κ3) is 2.53. The van der Waals surface area contributed by atoms with E-state index in [1.807, 2.05) is 0 Å². The number of aryl methyl sites for hydroxylation is 1. The Morgan fingerprint density at radius 2 is 2.25 bits per heavy atom. The maximum absolute atomic E-state index is 11.1. The van der Waals surface area contributed by atoms with Crippen molar-refractivity contribution in [2.75, 3.05) is 5.75 Å². The normalized spacial score (nSPS) is 11.8. The molecule has 0 fully saturated rings. The van der Waals surface area contributed by atoms with Crippen molar-refractivity contribution in [1.29, 1.82) is 0 Å². The number of hydrogen-bond acceptors (Lipinski definition) is 5. The minimum atomic E-state index is -3.06. The van der Waals surface area contributed by atoms with E-state index < -0.39 is 9.84 Å². The minimum Gasteiger partial charge on any atom is -0.228 e. The van der Waals surface area contributed by atoms with Crippen molar-refractivity contribution in [3.8, 4) is 0 Å². The molecule has 0 spiro atoms. The van der Waals surface area contributed by atoms with Crippen molar-refractivity contribution in [3.05, 3.63) is 17.8 Å². The SMILES string of the molecule is [CH2]CS(=O)(=O)Cc1nc(C)ns1. The molecule has 67 valence electrons. The van der Waals surface area contributed by atoms with Crippen LogP contribution in [0.4, 0.5) is 0 Å². The van der Waals surface area contributed by atoms with Crippen molar-refractivity contribution in [2.24, 2.45) is 0 Å². The fourth-order valence-electron chi connectivity index (χ4n) is 0.659. The van der Waals surface area contributed by atoms with Crippen LogP contribution in [0.25, 0.3) is 0 Å². The highest BCUT2D eigenvalue weighted by molar-refractivity contribution is 7.90. The second-order valence-electron chi connectivity index (χ2n) is 2.33. The summed E-state index contributed by atoms with van der Waals surface area (Å²) >= 11 is 1.12. The lowest BCUT2D eigenvalue weighted by atomic mass is 10.7. The summed E-state index contributed by atoms with van der Waals surface area (Å²) in [6.07, 6.45) is 0. The molecule has 0 aliphatic heterocycles. The lowest BCUT2D eigenvalue weighted by Crippen LogP contribution is -2.06. The predicted molar refractivity (Wildman–Crippen MR) is 47.5 cm³/mol. The number of sulfone groups is 1. The molecule has 0 bridgehead atoms. The molecule has 1 aromatic heterocycles. The molecule has 0 N–H and O–H groups in total. The maximum Gasteiger partial charge on any atom is 0.156 e. The van der Waals surface area contributed by atoms with Crippen LogP contribution in [0.15, 0.2) is 0 Å². The molecule has 1 radical (unpaired) electrons. The molecule has 0 saturated carbocycles. The summed E-state index contributed by atoms with van der Waals surface area (Å²) in [6, 6.07) is 0. The fraction of sp³-hybridized carbons (Fsp3) is 0.500. The van der Waals surface area contributed by atoms with Gasteiger partial charge >= 0.3 is 0 Å². The lowest BCUT2D eigenvalue weighted by molar-refractivity contribution is 0.598. The molecule has 0 aromatic carbocycles. The molecule has 1 heterocycles. The summed E-state index contributed by atoms with van der Waals surface area (Å²) in [5.41, 5.74) is 0. The molecule has 0 atom stereocenters. The van der Waals surface area contributed by atoms with Crippen molar-refractivity contribution >= 4 is 21.4 Å². The standard InChI is InChI=1S/C6H9N2O2S2/c1-3-12(9,10)4-6-7-5(2)8-11-6/h1,3-4H2,2H3. The summed E-state index contributed by atoms with van der Waals surface area (Å²) < 4.78 is 26.0. The van der Waals surface area contributed by atoms with Gasteiger partial charge in [-0.1, -0.05) is 0 Å². The second kappa shape index (κ2) is 3.49. The third-order valence-corrected chi connectivity index (χ3v) is 3.54. The van der Waals surface area contributed by atoms with Crippen molar-refractivity contribution < 1.29 is 8.42 Å². The quantitative estimate of drug-likeness (QED) is 0.725. The van der Waals surface area contributed by atoms with E-state index in [9.17, 15) is 8.42 Å². The molecule has 4 nitrogen and oxygen atoms in total. The van der Waals surface area contributed by atoms with Gasteiger partial charge in [0.2, 0.25) is 0 Å². The van der Waals surface area contributed by atoms with Crippen LogP contribution in [0.5, 0.6) is 0 Å². The average molecular weight is 205 g/mol. The van der Waals surface area contributed by atoms with Gasteiger partial charge in [0.15, 0.2) is 9.84 Å². The molecule has 0 amide bonds. The van der Waals surface area contributed by atoms with Gasteiger partial charge in [-0.05, 0) is 25.4 Å². The van der Waals surface area contributed by atoms with E-state index in [0.29, 0.717) is 10.8 Å². The van der Waals surface area contributed by atoms with Crippen LogP contribution in [0.3, 0.4) is 0 Å². The highest BCUT2D eigenvalue weighted by atomic mass is 32.2. The van der Waals surface area contributed by atoms with Crippen LogP contribution in [0, 0.1) is 13.8 Å². The number of rotatable bonds is 3. The Morgan fingerprint density at radius 3 is 2.67 bits per heavy atom. The Kier molecular flexibility index (Phi) is 2.79. The van der Waals surface area contributed by atoms with Crippen molar-refractivity contribution in [1.82, 2.24) is 9.36 Å². The summed E-state index contributed by atoms with van der Waals surface area (Å²) in [6.45, 7) is 5.06. The summed E-state index contributed by atoms with van der Waals surface area (Å²) in [7, 11) is -3.06. The Hall–Kier alpha value is -0.490. The third-order valence-electron chi connectivity index (χ3n) is 1.22. The van der Waals surface area contributed by atoms with E-state index in [-0.39, 0.29) is 11.5 Å². The molecule has 0 aliphatic carbocycles. The van der Waals surface area contributed by atoms with Gasteiger partial charge in [0, 0.05) is 0 Å². The average Bonchev–Trinajstić information content (AvgIpc) is 2.35. The molecule has 0 unspecified atom stereocenters. The first-order valence-corrected chi connectivity index (χ1v) is 5.92. The molecular weight excluding hydrogens is 196 g/mol. The smallest absolute Gasteiger partial charge is 0.156 e. The summed E-state index contributed by atoms with van der Waals surface area (Å²) in [5.74, 6) is 0.488. The zero-order chi connectivity index (χ0) is 9.19. The lowest BCUT2D eigenvalue weighted by Gasteiger charge is -1.94. The van der Waals surface area contributed by atoms with E-state index in [0.717, 1.165) is 11.5 Å². The molecule has 1 rings (SSSR count). The molecule has 12 heavy (non-hydrogen) atoms. The Labute approximate surface area is 75.7 Å². The fourth-order valence-corrected chi connectivity index (χ4v) is 2.44. The topological polar surface area (TPSA) is 59.9 Å². The molecule has 0 aliphatic rings. The van der Waals surface area contributed by atoms with Gasteiger partial charge in [-0.15, -0.1) is 0 Å². The minimum absolute atomic E-state index is 0.0397. The highest BCUT2D eigenvalue weighted by Crippen LogP contribution is 2.08. The van der Waals surface area contributed by atoms with Gasteiger partial charge in [0.25, 0.3) is 0 Å². The van der Waals surface area contributed by atoms with E-state index in [1.165, 1.54) is 0 Å². The first-order chi connectivity index (χ1) is 5.53. The van der Waals surface area contributed by atoms with Crippen molar-refractivity contribution in [2.45, 2.75) is 12.7 Å². The molecule has 1 aromatic rings. The van der Waals surface area contributed by atoms with Crippen molar-refractivity contribution in [3.63, 3.8) is 0 Å². The molecule has 0 saturated heterocycles. The largest absolute Gasteiger partial charge is 0.228 e. The second-order valence-corrected chi connectivity index (χ2v) is 5.35. The molecular formula is C6H9N2O2S2. The Bertz CT molecular complexity index is 355. The zero-order valence-electron chi connectivity index (χ0n) is 6.65. The van der Waals surface area contributed by atoms with Crippen LogP contribution >= 0.6 is 11.5 Å². The van der Waals surface area contributed by atoms with Gasteiger partial charge in [-0.3, -0.25) is 0 Å².